The van der Waals surface area contributed by atoms with E-state index in [0.29, 0.717) is 47.3 Å². The van der Waals surface area contributed by atoms with Crippen molar-refractivity contribution in [2.24, 2.45) is 0 Å². The first-order chi connectivity index (χ1) is 11.7. The van der Waals surface area contributed by atoms with Crippen LogP contribution in [0.5, 0.6) is 5.88 Å². The van der Waals surface area contributed by atoms with Gasteiger partial charge >= 0.3 is 0 Å². The van der Waals surface area contributed by atoms with Crippen molar-refractivity contribution in [3.05, 3.63) is 47.2 Å². The molecule has 2 aromatic heterocycles. The fourth-order valence-electron chi connectivity index (χ4n) is 2.28. The molecule has 0 bridgehead atoms. The third-order valence-electron chi connectivity index (χ3n) is 3.42. The Bertz CT molecular complexity index is 865. The standard InChI is InChI=1S/C16H16ClN5O2/c1-24-16-9-8-14-20-19-13(22(14)21-16)6-3-7-15(23)18-12-5-2-4-11(17)10-12/h2,4-5,8-10H,3,6-7H2,1H3,(H,18,23). The molecule has 8 heteroatoms. The van der Waals surface area contributed by atoms with E-state index in [4.69, 9.17) is 16.3 Å². The molecule has 0 aliphatic heterocycles. The van der Waals surface area contributed by atoms with Crippen LogP contribution < -0.4 is 10.1 Å². The first-order valence-electron chi connectivity index (χ1n) is 7.46. The summed E-state index contributed by atoms with van der Waals surface area (Å²) in [5.74, 6) is 1.11. The van der Waals surface area contributed by atoms with Gasteiger partial charge in [-0.25, -0.2) is 0 Å². The monoisotopic (exact) mass is 345 g/mol. The number of aryl methyl sites for hydroxylation is 1. The summed E-state index contributed by atoms with van der Waals surface area (Å²) in [6.07, 6.45) is 1.59. The highest BCUT2D eigenvalue weighted by Gasteiger charge is 2.09. The molecule has 1 amide bonds. The minimum atomic E-state index is -0.0726. The minimum absolute atomic E-state index is 0.0726. The van der Waals surface area contributed by atoms with E-state index in [1.807, 2.05) is 0 Å². The number of aromatic nitrogens is 4. The fourth-order valence-corrected chi connectivity index (χ4v) is 2.47. The Hall–Kier alpha value is -2.67. The largest absolute Gasteiger partial charge is 0.480 e. The zero-order valence-corrected chi connectivity index (χ0v) is 13.8. The second kappa shape index (κ2) is 7.27. The van der Waals surface area contributed by atoms with E-state index < -0.39 is 0 Å². The van der Waals surface area contributed by atoms with Gasteiger partial charge in [0.1, 0.15) is 0 Å². The summed E-state index contributed by atoms with van der Waals surface area (Å²) < 4.78 is 6.74. The van der Waals surface area contributed by atoms with Crippen molar-refractivity contribution in [2.45, 2.75) is 19.3 Å². The number of ether oxygens (including phenoxy) is 1. The van der Waals surface area contributed by atoms with Crippen LogP contribution >= 0.6 is 11.6 Å². The van der Waals surface area contributed by atoms with Crippen LogP contribution in [0.4, 0.5) is 5.69 Å². The number of methoxy groups -OCH3 is 1. The number of hydrogen-bond acceptors (Lipinski definition) is 5. The molecule has 0 saturated heterocycles. The normalized spacial score (nSPS) is 10.8. The van der Waals surface area contributed by atoms with E-state index in [2.05, 4.69) is 20.6 Å². The molecule has 0 saturated carbocycles. The van der Waals surface area contributed by atoms with Gasteiger partial charge in [-0.3, -0.25) is 4.79 Å². The van der Waals surface area contributed by atoms with Crippen molar-refractivity contribution >= 4 is 28.8 Å². The number of nitrogens with zero attached hydrogens (tertiary/aromatic N) is 4. The summed E-state index contributed by atoms with van der Waals surface area (Å²) in [5, 5.41) is 15.8. The Labute approximate surface area is 143 Å². The Morgan fingerprint density at radius 1 is 1.29 bits per heavy atom. The number of amides is 1. The molecule has 24 heavy (non-hydrogen) atoms. The van der Waals surface area contributed by atoms with Crippen LogP contribution in [0.3, 0.4) is 0 Å². The van der Waals surface area contributed by atoms with Crippen molar-refractivity contribution in [3.8, 4) is 5.88 Å². The Morgan fingerprint density at radius 2 is 2.17 bits per heavy atom. The van der Waals surface area contributed by atoms with E-state index in [1.54, 1.807) is 48.0 Å². The highest BCUT2D eigenvalue weighted by atomic mass is 35.5. The van der Waals surface area contributed by atoms with Crippen molar-refractivity contribution in [1.82, 2.24) is 19.8 Å². The Kier molecular flexibility index (Phi) is 4.90. The van der Waals surface area contributed by atoms with E-state index >= 15 is 0 Å². The molecule has 0 unspecified atom stereocenters. The van der Waals surface area contributed by atoms with Gasteiger partial charge in [-0.1, -0.05) is 17.7 Å². The first kappa shape index (κ1) is 16.2. The van der Waals surface area contributed by atoms with Gasteiger partial charge in [0.2, 0.25) is 11.8 Å². The number of rotatable bonds is 6. The minimum Gasteiger partial charge on any atom is -0.480 e. The van der Waals surface area contributed by atoms with Crippen LogP contribution in [0.25, 0.3) is 5.65 Å². The van der Waals surface area contributed by atoms with E-state index in [1.165, 1.54) is 0 Å². The van der Waals surface area contributed by atoms with Gasteiger partial charge in [0.05, 0.1) is 7.11 Å². The third-order valence-corrected chi connectivity index (χ3v) is 3.66. The van der Waals surface area contributed by atoms with Gasteiger partial charge in [0.25, 0.3) is 0 Å². The Balaban J connectivity index is 1.57. The number of anilines is 1. The summed E-state index contributed by atoms with van der Waals surface area (Å²) in [6, 6.07) is 10.6. The van der Waals surface area contributed by atoms with Gasteiger partial charge in [-0.2, -0.15) is 4.52 Å². The summed E-state index contributed by atoms with van der Waals surface area (Å²) in [7, 11) is 1.55. The molecule has 3 rings (SSSR count). The molecule has 0 spiro atoms. The van der Waals surface area contributed by atoms with Crippen LogP contribution in [-0.4, -0.2) is 32.8 Å². The van der Waals surface area contributed by atoms with Crippen molar-refractivity contribution in [3.63, 3.8) is 0 Å². The smallest absolute Gasteiger partial charge is 0.231 e. The molecular formula is C16H16ClN5O2. The molecule has 7 nitrogen and oxygen atoms in total. The average molecular weight is 346 g/mol. The summed E-state index contributed by atoms with van der Waals surface area (Å²) in [6.45, 7) is 0. The lowest BCUT2D eigenvalue weighted by Crippen LogP contribution is -2.12. The lowest BCUT2D eigenvalue weighted by molar-refractivity contribution is -0.116. The van der Waals surface area contributed by atoms with Crippen molar-refractivity contribution in [2.75, 3.05) is 12.4 Å². The van der Waals surface area contributed by atoms with Gasteiger partial charge in [0.15, 0.2) is 11.5 Å². The predicted octanol–water partition coefficient (Wildman–Crippen LogP) is 2.75. The van der Waals surface area contributed by atoms with Crippen molar-refractivity contribution < 1.29 is 9.53 Å². The Morgan fingerprint density at radius 3 is 2.96 bits per heavy atom. The van der Waals surface area contributed by atoms with E-state index in [-0.39, 0.29) is 5.91 Å². The number of nitrogens with one attached hydrogen (secondary N) is 1. The maximum absolute atomic E-state index is 12.0. The van der Waals surface area contributed by atoms with E-state index in [0.717, 1.165) is 0 Å². The molecule has 0 atom stereocenters. The van der Waals surface area contributed by atoms with Crippen LogP contribution in [0.1, 0.15) is 18.7 Å². The highest BCUT2D eigenvalue weighted by molar-refractivity contribution is 6.30. The molecule has 0 aliphatic rings. The zero-order valence-electron chi connectivity index (χ0n) is 13.1. The second-order valence-corrected chi connectivity index (χ2v) is 5.61. The van der Waals surface area contributed by atoms with Gasteiger partial charge < -0.3 is 10.1 Å². The van der Waals surface area contributed by atoms with Crippen LogP contribution in [-0.2, 0) is 11.2 Å². The average Bonchev–Trinajstić information content (AvgIpc) is 2.97. The molecule has 1 aromatic carbocycles. The molecule has 3 aromatic rings. The third kappa shape index (κ3) is 3.80. The first-order valence-corrected chi connectivity index (χ1v) is 7.84. The number of carbonyl (C=O) groups is 1. The summed E-state index contributed by atoms with van der Waals surface area (Å²) in [5.41, 5.74) is 1.33. The zero-order chi connectivity index (χ0) is 16.9. The molecular weight excluding hydrogens is 330 g/mol. The van der Waals surface area contributed by atoms with Gasteiger partial charge in [-0.05, 0) is 30.7 Å². The SMILES string of the molecule is COc1ccc2nnc(CCCC(=O)Nc3cccc(Cl)c3)n2n1. The van der Waals surface area contributed by atoms with Crippen LogP contribution in [0.15, 0.2) is 36.4 Å². The summed E-state index contributed by atoms with van der Waals surface area (Å²) in [4.78, 5) is 12.0. The number of benzene rings is 1. The quantitative estimate of drug-likeness (QED) is 0.743. The predicted molar refractivity (Wildman–Crippen MR) is 90.4 cm³/mol. The van der Waals surface area contributed by atoms with Crippen molar-refractivity contribution in [1.29, 1.82) is 0 Å². The maximum atomic E-state index is 12.0. The highest BCUT2D eigenvalue weighted by Crippen LogP contribution is 2.15. The van der Waals surface area contributed by atoms with Crippen LogP contribution in [0.2, 0.25) is 5.02 Å². The second-order valence-electron chi connectivity index (χ2n) is 5.17. The van der Waals surface area contributed by atoms with E-state index in [9.17, 15) is 4.79 Å². The molecule has 0 aliphatic carbocycles. The van der Waals surface area contributed by atoms with Gasteiger partial charge in [-0.15, -0.1) is 15.3 Å². The molecule has 0 fully saturated rings. The number of hydrogen-bond donors (Lipinski definition) is 1. The topological polar surface area (TPSA) is 81.4 Å². The van der Waals surface area contributed by atoms with Gasteiger partial charge in [0, 0.05) is 29.6 Å². The molecule has 0 radical (unpaired) electrons. The lowest BCUT2D eigenvalue weighted by atomic mass is 10.2. The number of carbonyl (C=O) groups excluding carboxylic acids is 1. The summed E-state index contributed by atoms with van der Waals surface area (Å²) >= 11 is 5.89. The number of halogens is 1. The van der Waals surface area contributed by atoms with Crippen LogP contribution in [0, 0.1) is 0 Å². The maximum Gasteiger partial charge on any atom is 0.231 e. The fraction of sp³-hybridized carbons (Fsp3) is 0.250. The molecule has 124 valence electrons. The molecule has 1 N–H and O–H groups in total. The number of fused-ring (bicyclic) bond motifs is 1. The lowest BCUT2D eigenvalue weighted by Gasteiger charge is -2.05. The molecule has 2 heterocycles.